The SMILES string of the molecule is COc1ccc(O[C@H]2CCN(C)C[C@@H]2O)c(Br)c1. The molecule has 1 aromatic rings. The predicted molar refractivity (Wildman–Crippen MR) is 73.2 cm³/mol. The number of hydrogen-bond donors (Lipinski definition) is 1. The first-order valence-electron chi connectivity index (χ1n) is 5.97. The van der Waals surface area contributed by atoms with E-state index in [0.29, 0.717) is 6.54 Å². The van der Waals surface area contributed by atoms with Crippen LogP contribution < -0.4 is 9.47 Å². The Labute approximate surface area is 116 Å². The van der Waals surface area contributed by atoms with Crippen LogP contribution in [-0.2, 0) is 0 Å². The van der Waals surface area contributed by atoms with E-state index in [4.69, 9.17) is 9.47 Å². The Hall–Kier alpha value is -0.780. The maximum Gasteiger partial charge on any atom is 0.134 e. The van der Waals surface area contributed by atoms with Crippen molar-refractivity contribution in [2.24, 2.45) is 0 Å². The lowest BCUT2D eigenvalue weighted by molar-refractivity contribution is -0.0185. The molecule has 0 aliphatic carbocycles. The monoisotopic (exact) mass is 315 g/mol. The minimum atomic E-state index is -0.447. The normalized spacial score (nSPS) is 24.9. The summed E-state index contributed by atoms with van der Waals surface area (Å²) in [7, 11) is 3.63. The Balaban J connectivity index is 2.05. The zero-order valence-corrected chi connectivity index (χ0v) is 12.2. The van der Waals surface area contributed by atoms with Gasteiger partial charge in [-0.05, 0) is 47.6 Å². The minimum absolute atomic E-state index is 0.147. The highest BCUT2D eigenvalue weighted by Gasteiger charge is 2.27. The third-order valence-electron chi connectivity index (χ3n) is 3.14. The number of rotatable bonds is 3. The first kappa shape index (κ1) is 13.6. The van der Waals surface area contributed by atoms with Crippen LogP contribution in [0.3, 0.4) is 0 Å². The summed E-state index contributed by atoms with van der Waals surface area (Å²) in [5.74, 6) is 1.52. The molecule has 100 valence electrons. The molecular weight excluding hydrogens is 298 g/mol. The summed E-state index contributed by atoms with van der Waals surface area (Å²) in [5, 5.41) is 9.99. The molecular formula is C13H18BrNO3. The fraction of sp³-hybridized carbons (Fsp3) is 0.538. The molecule has 2 atom stereocenters. The van der Waals surface area contributed by atoms with E-state index in [9.17, 15) is 5.11 Å². The van der Waals surface area contributed by atoms with Gasteiger partial charge in [0.25, 0.3) is 0 Å². The molecule has 1 aromatic carbocycles. The van der Waals surface area contributed by atoms with Crippen LogP contribution in [0.2, 0.25) is 0 Å². The van der Waals surface area contributed by atoms with Crippen LogP contribution in [0.25, 0.3) is 0 Å². The second-order valence-electron chi connectivity index (χ2n) is 4.57. The van der Waals surface area contributed by atoms with Crippen LogP contribution in [0.1, 0.15) is 6.42 Å². The lowest BCUT2D eigenvalue weighted by Gasteiger charge is -2.33. The number of benzene rings is 1. The Morgan fingerprint density at radius 2 is 2.22 bits per heavy atom. The smallest absolute Gasteiger partial charge is 0.134 e. The highest BCUT2D eigenvalue weighted by molar-refractivity contribution is 9.10. The van der Waals surface area contributed by atoms with E-state index >= 15 is 0 Å². The Kier molecular flexibility index (Phi) is 4.48. The lowest BCUT2D eigenvalue weighted by atomic mass is 10.1. The quantitative estimate of drug-likeness (QED) is 0.925. The Morgan fingerprint density at radius 3 is 2.83 bits per heavy atom. The van der Waals surface area contributed by atoms with E-state index in [1.807, 2.05) is 25.2 Å². The molecule has 0 spiro atoms. The van der Waals surface area contributed by atoms with Gasteiger partial charge >= 0.3 is 0 Å². The van der Waals surface area contributed by atoms with Gasteiger partial charge < -0.3 is 19.5 Å². The fourth-order valence-electron chi connectivity index (χ4n) is 2.07. The maximum atomic E-state index is 9.99. The van der Waals surface area contributed by atoms with Gasteiger partial charge in [-0.1, -0.05) is 0 Å². The van der Waals surface area contributed by atoms with Gasteiger partial charge in [-0.15, -0.1) is 0 Å². The van der Waals surface area contributed by atoms with Gasteiger partial charge in [0.05, 0.1) is 11.6 Å². The molecule has 1 N–H and O–H groups in total. The summed E-state index contributed by atoms with van der Waals surface area (Å²) < 4.78 is 11.8. The average Bonchev–Trinajstić information content (AvgIpc) is 2.34. The van der Waals surface area contributed by atoms with Gasteiger partial charge in [0.2, 0.25) is 0 Å². The van der Waals surface area contributed by atoms with E-state index in [-0.39, 0.29) is 6.10 Å². The van der Waals surface area contributed by atoms with Crippen molar-refractivity contribution in [3.05, 3.63) is 22.7 Å². The van der Waals surface area contributed by atoms with Gasteiger partial charge in [0, 0.05) is 13.1 Å². The summed E-state index contributed by atoms with van der Waals surface area (Å²) >= 11 is 3.45. The van der Waals surface area contributed by atoms with Crippen molar-refractivity contribution in [3.8, 4) is 11.5 Å². The van der Waals surface area contributed by atoms with E-state index in [1.165, 1.54) is 0 Å². The van der Waals surface area contributed by atoms with Gasteiger partial charge in [-0.2, -0.15) is 0 Å². The molecule has 0 radical (unpaired) electrons. The predicted octanol–water partition coefficient (Wildman–Crippen LogP) is 1.90. The number of piperidine rings is 1. The van der Waals surface area contributed by atoms with E-state index in [2.05, 4.69) is 20.8 Å². The van der Waals surface area contributed by atoms with Crippen molar-refractivity contribution in [2.45, 2.75) is 18.6 Å². The molecule has 2 rings (SSSR count). The van der Waals surface area contributed by atoms with E-state index in [1.54, 1.807) is 7.11 Å². The largest absolute Gasteiger partial charge is 0.497 e. The molecule has 0 aromatic heterocycles. The molecule has 5 heteroatoms. The first-order chi connectivity index (χ1) is 8.60. The van der Waals surface area contributed by atoms with Gasteiger partial charge in [0.1, 0.15) is 23.7 Å². The zero-order valence-electron chi connectivity index (χ0n) is 10.6. The number of ether oxygens (including phenoxy) is 2. The summed E-state index contributed by atoms with van der Waals surface area (Å²) in [6.07, 6.45) is 0.236. The second kappa shape index (κ2) is 5.91. The van der Waals surface area contributed by atoms with Crippen LogP contribution >= 0.6 is 15.9 Å². The highest BCUT2D eigenvalue weighted by atomic mass is 79.9. The van der Waals surface area contributed by atoms with Crippen LogP contribution in [0.15, 0.2) is 22.7 Å². The van der Waals surface area contributed by atoms with Crippen LogP contribution in [0, 0.1) is 0 Å². The third kappa shape index (κ3) is 3.16. The van der Waals surface area contributed by atoms with Crippen molar-refractivity contribution in [2.75, 3.05) is 27.2 Å². The summed E-state index contributed by atoms with van der Waals surface area (Å²) in [6, 6.07) is 5.56. The van der Waals surface area contributed by atoms with Crippen LogP contribution in [0.4, 0.5) is 0 Å². The van der Waals surface area contributed by atoms with Crippen molar-refractivity contribution in [3.63, 3.8) is 0 Å². The topological polar surface area (TPSA) is 41.9 Å². The van der Waals surface area contributed by atoms with E-state index < -0.39 is 6.10 Å². The summed E-state index contributed by atoms with van der Waals surface area (Å²) in [4.78, 5) is 2.10. The summed E-state index contributed by atoms with van der Waals surface area (Å²) in [6.45, 7) is 1.59. The molecule has 1 aliphatic rings. The number of aliphatic hydroxyl groups excluding tert-OH is 1. The molecule has 4 nitrogen and oxygen atoms in total. The number of β-amino-alcohol motifs (C(OH)–C–C–N with tert-alkyl or cyclic N) is 1. The van der Waals surface area contributed by atoms with E-state index in [0.717, 1.165) is 28.9 Å². The average molecular weight is 316 g/mol. The Morgan fingerprint density at radius 1 is 1.44 bits per heavy atom. The molecule has 1 heterocycles. The third-order valence-corrected chi connectivity index (χ3v) is 3.76. The molecule has 18 heavy (non-hydrogen) atoms. The number of halogens is 1. The maximum absolute atomic E-state index is 9.99. The Bertz CT molecular complexity index is 413. The molecule has 0 bridgehead atoms. The second-order valence-corrected chi connectivity index (χ2v) is 5.43. The van der Waals surface area contributed by atoms with Crippen molar-refractivity contribution in [1.82, 2.24) is 4.90 Å². The molecule has 0 unspecified atom stereocenters. The molecule has 1 aliphatic heterocycles. The molecule has 0 saturated carbocycles. The molecule has 1 fully saturated rings. The van der Waals surface area contributed by atoms with Gasteiger partial charge in [-0.3, -0.25) is 0 Å². The lowest BCUT2D eigenvalue weighted by Crippen LogP contribution is -2.47. The molecule has 0 amide bonds. The number of likely N-dealkylation sites (tertiary alicyclic amines) is 1. The number of methoxy groups -OCH3 is 1. The zero-order chi connectivity index (χ0) is 13.1. The number of likely N-dealkylation sites (N-methyl/N-ethyl adjacent to an activating group) is 1. The van der Waals surface area contributed by atoms with Gasteiger partial charge in [-0.25, -0.2) is 0 Å². The molecule has 1 saturated heterocycles. The highest BCUT2D eigenvalue weighted by Crippen LogP contribution is 2.31. The number of hydrogen-bond acceptors (Lipinski definition) is 4. The van der Waals surface area contributed by atoms with Crippen molar-refractivity contribution < 1.29 is 14.6 Å². The fourth-order valence-corrected chi connectivity index (χ4v) is 2.52. The number of aliphatic hydroxyl groups is 1. The van der Waals surface area contributed by atoms with Crippen LogP contribution in [-0.4, -0.2) is 49.5 Å². The first-order valence-corrected chi connectivity index (χ1v) is 6.76. The minimum Gasteiger partial charge on any atom is -0.497 e. The number of nitrogens with zero attached hydrogens (tertiary/aromatic N) is 1. The van der Waals surface area contributed by atoms with Crippen molar-refractivity contribution in [1.29, 1.82) is 0 Å². The van der Waals surface area contributed by atoms with Gasteiger partial charge in [0.15, 0.2) is 0 Å². The van der Waals surface area contributed by atoms with Crippen LogP contribution in [0.5, 0.6) is 11.5 Å². The standard InChI is InChI=1S/C13H18BrNO3/c1-15-6-5-13(11(16)8-15)18-12-4-3-9(17-2)7-10(12)14/h3-4,7,11,13,16H,5-6,8H2,1-2H3/t11-,13-/m0/s1. The van der Waals surface area contributed by atoms with Crippen molar-refractivity contribution >= 4 is 15.9 Å². The summed E-state index contributed by atoms with van der Waals surface area (Å²) in [5.41, 5.74) is 0.